The maximum Gasteiger partial charge on any atom is 0.518 e. The van der Waals surface area contributed by atoms with Gasteiger partial charge in [0, 0.05) is 12.1 Å². The summed E-state index contributed by atoms with van der Waals surface area (Å²) < 4.78 is 73.3. The van der Waals surface area contributed by atoms with Crippen LogP contribution in [0.4, 0.5) is 0 Å². The quantitative estimate of drug-likeness (QED) is 0.0395. The predicted molar refractivity (Wildman–Crippen MR) is 181 cm³/mol. The zero-order chi connectivity index (χ0) is 35.2. The van der Waals surface area contributed by atoms with Crippen molar-refractivity contribution >= 4 is 17.7 Å². The van der Waals surface area contributed by atoms with Crippen LogP contribution < -0.4 is 9.47 Å². The van der Waals surface area contributed by atoms with Crippen LogP contribution in [0.25, 0.3) is 0 Å². The summed E-state index contributed by atoms with van der Waals surface area (Å²) >= 11 is 0. The fraction of sp³-hybridized carbons (Fsp3) is 0.441. The first-order valence-corrected chi connectivity index (χ1v) is 18.8. The predicted octanol–water partition coefficient (Wildman–Crippen LogP) is 6.46. The molecule has 0 aromatic heterocycles. The molecule has 14 heteroatoms. The van der Waals surface area contributed by atoms with Crippen molar-refractivity contribution in [2.75, 3.05) is 45.5 Å². The number of ether oxygens (including phenoxy) is 3. The van der Waals surface area contributed by atoms with Crippen LogP contribution in [0, 0.1) is 11.3 Å². The lowest BCUT2D eigenvalue weighted by Crippen LogP contribution is -2.36. The maximum absolute atomic E-state index is 13.4. The molecule has 3 aromatic carbocycles. The fourth-order valence-electron chi connectivity index (χ4n) is 4.92. The van der Waals surface area contributed by atoms with Crippen LogP contribution >= 0.6 is 7.82 Å². The lowest BCUT2D eigenvalue weighted by atomic mass is 9.80. The van der Waals surface area contributed by atoms with Crippen molar-refractivity contribution in [1.82, 2.24) is 5.06 Å². The van der Waals surface area contributed by atoms with Gasteiger partial charge in [0.25, 0.3) is 0 Å². The van der Waals surface area contributed by atoms with Crippen LogP contribution in [0.15, 0.2) is 78.9 Å². The number of benzene rings is 3. The number of nitrogens with zero attached hydrogens (tertiary/aromatic N) is 2. The number of hydrogen-bond donors (Lipinski definition) is 0. The second-order valence-electron chi connectivity index (χ2n) is 11.2. The van der Waals surface area contributed by atoms with Crippen LogP contribution in [-0.4, -0.2) is 71.1 Å². The minimum absolute atomic E-state index is 0.0238. The molecule has 0 bridgehead atoms. The van der Waals surface area contributed by atoms with E-state index in [2.05, 4.69) is 0 Å². The molecule has 0 spiro atoms. The van der Waals surface area contributed by atoms with E-state index in [0.717, 1.165) is 16.7 Å². The second kappa shape index (κ2) is 18.5. The molecule has 0 aliphatic heterocycles. The summed E-state index contributed by atoms with van der Waals surface area (Å²) in [6.07, 6.45) is -0.0238. The van der Waals surface area contributed by atoms with Crippen molar-refractivity contribution in [3.63, 3.8) is 0 Å². The summed E-state index contributed by atoms with van der Waals surface area (Å²) in [5, 5.41) is 10.2. The Morgan fingerprint density at radius 2 is 1.27 bits per heavy atom. The Hall–Kier alpha value is -3.31. The van der Waals surface area contributed by atoms with Gasteiger partial charge in [-0.2, -0.15) is 14.9 Å². The zero-order valence-corrected chi connectivity index (χ0v) is 29.9. The van der Waals surface area contributed by atoms with Crippen LogP contribution in [-0.2, 0) is 43.5 Å². The number of sulfone groups is 1. The van der Waals surface area contributed by atoms with Gasteiger partial charge in [0.15, 0.2) is 9.84 Å². The zero-order valence-electron chi connectivity index (χ0n) is 28.2. The molecule has 0 N–H and O–H groups in total. The van der Waals surface area contributed by atoms with Crippen LogP contribution in [0.1, 0.15) is 50.8 Å². The molecule has 262 valence electrons. The standard InChI is InChI=1S/C34H45N2O10PS/c1-27(2)36(28(3)4)45-47(37,46-43-22-10-21-35)44-24-26-48(38,39)25-23-42-34(29-11-8-7-9-12-29,30-13-17-32(40-5)18-14-30)31-15-19-33(41-6)20-16-31/h7-9,11-20,27-28H,10,22-26H2,1-6H3. The van der Waals surface area contributed by atoms with Gasteiger partial charge in [0.05, 0.1) is 58.0 Å². The highest BCUT2D eigenvalue weighted by Crippen LogP contribution is 2.51. The van der Waals surface area contributed by atoms with Gasteiger partial charge in [-0.3, -0.25) is 4.52 Å². The Morgan fingerprint density at radius 1 is 0.771 bits per heavy atom. The lowest BCUT2D eigenvalue weighted by Gasteiger charge is -2.36. The smallest absolute Gasteiger partial charge is 0.497 e. The number of methoxy groups -OCH3 is 2. The van der Waals surface area contributed by atoms with E-state index in [1.165, 1.54) is 5.06 Å². The van der Waals surface area contributed by atoms with E-state index >= 15 is 0 Å². The Kier molecular flexibility index (Phi) is 15.0. The lowest BCUT2D eigenvalue weighted by molar-refractivity contribution is -0.247. The summed E-state index contributed by atoms with van der Waals surface area (Å²) in [5.74, 6) is 0.441. The number of rotatable bonds is 21. The third-order valence-corrected chi connectivity index (χ3v) is 9.94. The van der Waals surface area contributed by atoms with Crippen molar-refractivity contribution in [3.8, 4) is 17.6 Å². The minimum atomic E-state index is -4.42. The number of hydrogen-bond acceptors (Lipinski definition) is 12. The number of nitriles is 1. The van der Waals surface area contributed by atoms with Crippen molar-refractivity contribution in [3.05, 3.63) is 95.6 Å². The van der Waals surface area contributed by atoms with Crippen LogP contribution in [0.5, 0.6) is 11.5 Å². The van der Waals surface area contributed by atoms with E-state index in [9.17, 15) is 13.0 Å². The van der Waals surface area contributed by atoms with Gasteiger partial charge >= 0.3 is 7.82 Å². The molecule has 0 heterocycles. The Morgan fingerprint density at radius 3 is 1.75 bits per heavy atom. The maximum atomic E-state index is 13.4. The van der Waals surface area contributed by atoms with E-state index in [0.29, 0.717) is 11.5 Å². The first-order valence-electron chi connectivity index (χ1n) is 15.5. The summed E-state index contributed by atoms with van der Waals surface area (Å²) in [7, 11) is -5.06. The summed E-state index contributed by atoms with van der Waals surface area (Å²) in [4.78, 5) is 4.89. The van der Waals surface area contributed by atoms with Gasteiger partial charge < -0.3 is 14.2 Å². The van der Waals surface area contributed by atoms with Crippen LogP contribution in [0.2, 0.25) is 0 Å². The molecule has 0 radical (unpaired) electrons. The molecule has 0 saturated carbocycles. The fourth-order valence-corrected chi connectivity index (χ4v) is 7.17. The van der Waals surface area contributed by atoms with Gasteiger partial charge in [0.2, 0.25) is 0 Å². The molecule has 0 amide bonds. The SMILES string of the molecule is COc1ccc(C(OCCS(=O)(=O)CCOP(=O)(OOCCC#N)ON(C(C)C)C(C)C)(c2ccccc2)c2ccc(OC)cc2)cc1. The van der Waals surface area contributed by atoms with Gasteiger partial charge in [-0.1, -0.05) is 54.6 Å². The summed E-state index contributed by atoms with van der Waals surface area (Å²) in [6.45, 7) is 6.39. The minimum Gasteiger partial charge on any atom is -0.497 e. The van der Waals surface area contributed by atoms with Crippen molar-refractivity contribution in [2.24, 2.45) is 0 Å². The van der Waals surface area contributed by atoms with E-state index in [4.69, 9.17) is 38.2 Å². The number of phosphoric acid groups is 1. The van der Waals surface area contributed by atoms with Gasteiger partial charge in [0.1, 0.15) is 17.1 Å². The first-order chi connectivity index (χ1) is 22.9. The average Bonchev–Trinajstić information content (AvgIpc) is 3.08. The third kappa shape index (κ3) is 10.9. The van der Waals surface area contributed by atoms with E-state index < -0.39 is 35.6 Å². The van der Waals surface area contributed by atoms with Gasteiger partial charge in [-0.15, -0.1) is 4.67 Å². The van der Waals surface area contributed by atoms with Gasteiger partial charge in [-0.05, 0) is 68.7 Å². The Bertz CT molecular complexity index is 1540. The molecule has 1 atom stereocenters. The molecule has 0 saturated heterocycles. The first kappa shape index (κ1) is 39.1. The Balaban J connectivity index is 1.83. The molecule has 3 rings (SSSR count). The van der Waals surface area contributed by atoms with Crippen molar-refractivity contribution < 1.29 is 45.9 Å². The molecule has 0 aliphatic rings. The van der Waals surface area contributed by atoms with Crippen LogP contribution in [0.3, 0.4) is 0 Å². The Labute approximate surface area is 283 Å². The highest BCUT2D eigenvalue weighted by molar-refractivity contribution is 7.91. The normalized spacial score (nSPS) is 13.4. The van der Waals surface area contributed by atoms with Crippen molar-refractivity contribution in [1.29, 1.82) is 5.26 Å². The average molecular weight is 705 g/mol. The highest BCUT2D eigenvalue weighted by atomic mass is 32.2. The topological polar surface area (TPSA) is 143 Å². The third-order valence-electron chi connectivity index (χ3n) is 7.18. The largest absolute Gasteiger partial charge is 0.518 e. The van der Waals surface area contributed by atoms with E-state index in [1.54, 1.807) is 14.2 Å². The van der Waals surface area contributed by atoms with E-state index in [-0.39, 0.29) is 37.5 Å². The second-order valence-corrected chi connectivity index (χ2v) is 15.0. The molecule has 0 fully saturated rings. The molecule has 0 aliphatic carbocycles. The molecule has 1 unspecified atom stereocenters. The number of hydroxylamine groups is 2. The van der Waals surface area contributed by atoms with Gasteiger partial charge in [-0.25, -0.2) is 17.9 Å². The monoisotopic (exact) mass is 704 g/mol. The molecular formula is C34H45N2O10PS. The summed E-state index contributed by atoms with van der Waals surface area (Å²) in [6, 6.07) is 25.8. The molecule has 48 heavy (non-hydrogen) atoms. The highest BCUT2D eigenvalue weighted by Gasteiger charge is 2.39. The molecule has 3 aromatic rings. The van der Waals surface area contributed by atoms with E-state index in [1.807, 2.05) is 113 Å². The molecular weight excluding hydrogens is 659 g/mol. The summed E-state index contributed by atoms with van der Waals surface area (Å²) in [5.41, 5.74) is 1.10. The van der Waals surface area contributed by atoms with Crippen molar-refractivity contribution in [2.45, 2.75) is 51.8 Å². The molecule has 12 nitrogen and oxygen atoms in total.